The third-order valence-corrected chi connectivity index (χ3v) is 5.80. The van der Waals surface area contributed by atoms with Crippen molar-refractivity contribution in [3.05, 3.63) is 35.4 Å². The maximum atomic E-state index is 12.9. The Bertz CT molecular complexity index is 721. The van der Waals surface area contributed by atoms with Crippen LogP contribution >= 0.6 is 0 Å². The van der Waals surface area contributed by atoms with Crippen LogP contribution in [0.2, 0.25) is 0 Å². The number of amides is 2. The van der Waals surface area contributed by atoms with Gasteiger partial charge in [0.05, 0.1) is 11.5 Å². The number of piperidine rings is 1. The van der Waals surface area contributed by atoms with Gasteiger partial charge in [0.2, 0.25) is 11.8 Å². The molecule has 1 aromatic rings. The molecular formula is C21H28F3N3O2. The molecule has 0 aromatic heterocycles. The summed E-state index contributed by atoms with van der Waals surface area (Å²) in [5.41, 5.74) is 0.197. The van der Waals surface area contributed by atoms with Crippen LogP contribution in [0.1, 0.15) is 37.3 Å². The first-order chi connectivity index (χ1) is 13.7. The van der Waals surface area contributed by atoms with Crippen LogP contribution < -0.4 is 0 Å². The molecule has 1 atom stereocenters. The number of likely N-dealkylation sites (tertiary alicyclic amines) is 1. The molecule has 0 spiro atoms. The Morgan fingerprint density at radius 1 is 0.966 bits per heavy atom. The van der Waals surface area contributed by atoms with Crippen LogP contribution in [0, 0.1) is 5.92 Å². The lowest BCUT2D eigenvalue weighted by atomic mass is 9.96. The summed E-state index contributed by atoms with van der Waals surface area (Å²) in [5, 5.41) is 0. The van der Waals surface area contributed by atoms with Gasteiger partial charge in [-0.3, -0.25) is 14.5 Å². The monoisotopic (exact) mass is 411 g/mol. The van der Waals surface area contributed by atoms with Crippen LogP contribution in [0.15, 0.2) is 24.3 Å². The van der Waals surface area contributed by atoms with Gasteiger partial charge in [-0.05, 0) is 37.0 Å². The molecular weight excluding hydrogens is 383 g/mol. The van der Waals surface area contributed by atoms with Gasteiger partial charge >= 0.3 is 6.18 Å². The summed E-state index contributed by atoms with van der Waals surface area (Å²) in [6.07, 6.45) is -1.83. The van der Waals surface area contributed by atoms with Crippen LogP contribution in [-0.4, -0.2) is 65.8 Å². The number of alkyl halides is 3. The van der Waals surface area contributed by atoms with Gasteiger partial charge in [0.15, 0.2) is 0 Å². The highest BCUT2D eigenvalue weighted by atomic mass is 19.4. The molecule has 0 saturated carbocycles. The molecule has 1 aromatic carbocycles. The van der Waals surface area contributed by atoms with Crippen molar-refractivity contribution in [2.45, 2.75) is 38.9 Å². The number of hydrogen-bond donors (Lipinski definition) is 0. The van der Waals surface area contributed by atoms with E-state index in [4.69, 9.17) is 0 Å². The van der Waals surface area contributed by atoms with E-state index in [1.165, 1.54) is 19.1 Å². The zero-order valence-corrected chi connectivity index (χ0v) is 16.7. The van der Waals surface area contributed by atoms with Crippen LogP contribution in [0.4, 0.5) is 13.2 Å². The molecule has 1 unspecified atom stereocenters. The summed E-state index contributed by atoms with van der Waals surface area (Å²) in [6.45, 7) is 6.11. The van der Waals surface area contributed by atoms with E-state index in [9.17, 15) is 22.8 Å². The fraction of sp³-hybridized carbons (Fsp3) is 0.619. The molecule has 2 fully saturated rings. The van der Waals surface area contributed by atoms with Crippen molar-refractivity contribution >= 4 is 11.8 Å². The van der Waals surface area contributed by atoms with E-state index in [-0.39, 0.29) is 17.7 Å². The molecule has 8 heteroatoms. The zero-order valence-electron chi connectivity index (χ0n) is 16.7. The lowest BCUT2D eigenvalue weighted by Gasteiger charge is -2.34. The number of rotatable bonds is 3. The highest BCUT2D eigenvalue weighted by Crippen LogP contribution is 2.29. The van der Waals surface area contributed by atoms with E-state index in [1.807, 2.05) is 4.90 Å². The highest BCUT2D eigenvalue weighted by molar-refractivity contribution is 5.80. The molecule has 160 valence electrons. The van der Waals surface area contributed by atoms with E-state index in [0.717, 1.165) is 50.0 Å². The molecule has 2 aliphatic heterocycles. The number of carbonyl (C=O) groups is 2. The summed E-state index contributed by atoms with van der Waals surface area (Å²) in [7, 11) is 0. The Balaban J connectivity index is 1.53. The van der Waals surface area contributed by atoms with Crippen molar-refractivity contribution in [2.75, 3.05) is 39.3 Å². The van der Waals surface area contributed by atoms with Crippen LogP contribution in [0.3, 0.4) is 0 Å². The molecule has 2 aliphatic rings. The molecule has 0 aliphatic carbocycles. The summed E-state index contributed by atoms with van der Waals surface area (Å²) < 4.78 is 38.1. The van der Waals surface area contributed by atoms with Crippen LogP contribution in [-0.2, 0) is 22.3 Å². The summed E-state index contributed by atoms with van der Waals surface area (Å²) in [5.74, 6) is 0.00234. The second-order valence-electron chi connectivity index (χ2n) is 7.95. The van der Waals surface area contributed by atoms with Crippen LogP contribution in [0.25, 0.3) is 0 Å². The molecule has 0 bridgehead atoms. The number of hydrogen-bond acceptors (Lipinski definition) is 3. The smallest absolute Gasteiger partial charge is 0.342 e. The van der Waals surface area contributed by atoms with Gasteiger partial charge in [-0.25, -0.2) is 0 Å². The fourth-order valence-corrected chi connectivity index (χ4v) is 4.13. The van der Waals surface area contributed by atoms with E-state index in [1.54, 1.807) is 4.90 Å². The van der Waals surface area contributed by atoms with Gasteiger partial charge in [0.1, 0.15) is 0 Å². The average molecular weight is 411 g/mol. The molecule has 2 saturated heterocycles. The van der Waals surface area contributed by atoms with Gasteiger partial charge in [-0.1, -0.05) is 12.1 Å². The summed E-state index contributed by atoms with van der Waals surface area (Å²) in [4.78, 5) is 30.4. The Morgan fingerprint density at radius 2 is 1.66 bits per heavy atom. The maximum absolute atomic E-state index is 12.9. The molecule has 5 nitrogen and oxygen atoms in total. The van der Waals surface area contributed by atoms with Crippen molar-refractivity contribution < 1.29 is 22.8 Å². The molecule has 3 rings (SSSR count). The molecule has 0 radical (unpaired) electrons. The van der Waals surface area contributed by atoms with Gasteiger partial charge in [-0.2, -0.15) is 13.2 Å². The zero-order chi connectivity index (χ0) is 21.0. The maximum Gasteiger partial charge on any atom is 0.416 e. The summed E-state index contributed by atoms with van der Waals surface area (Å²) in [6, 6.07) is 5.28. The predicted octanol–water partition coefficient (Wildman–Crippen LogP) is 3.00. The first-order valence-corrected chi connectivity index (χ1v) is 10.2. The Hall–Kier alpha value is -2.09. The van der Waals surface area contributed by atoms with Crippen LogP contribution in [0.5, 0.6) is 0 Å². The quantitative estimate of drug-likeness (QED) is 0.768. The SMILES string of the molecule is CC(=O)N1CCCC(C(=O)N2CCCN(Cc3ccc(C(F)(F)F)cc3)CC2)C1. The van der Waals surface area contributed by atoms with Crippen molar-refractivity contribution in [1.29, 1.82) is 0 Å². The average Bonchev–Trinajstić information content (AvgIpc) is 2.93. The number of halogens is 3. The topological polar surface area (TPSA) is 43.9 Å². The van der Waals surface area contributed by atoms with Crippen molar-refractivity contribution in [3.63, 3.8) is 0 Å². The van der Waals surface area contributed by atoms with E-state index < -0.39 is 11.7 Å². The lowest BCUT2D eigenvalue weighted by molar-refractivity contribution is -0.140. The second kappa shape index (κ2) is 9.15. The minimum Gasteiger partial charge on any atom is -0.342 e. The minimum atomic E-state index is -4.32. The molecule has 0 N–H and O–H groups in total. The van der Waals surface area contributed by atoms with Gasteiger partial charge in [0, 0.05) is 52.7 Å². The Morgan fingerprint density at radius 3 is 2.31 bits per heavy atom. The third kappa shape index (κ3) is 5.72. The highest BCUT2D eigenvalue weighted by Gasteiger charge is 2.32. The van der Waals surface area contributed by atoms with Crippen molar-refractivity contribution in [1.82, 2.24) is 14.7 Å². The summed E-state index contributed by atoms with van der Waals surface area (Å²) >= 11 is 0. The number of nitrogens with zero attached hydrogens (tertiary/aromatic N) is 3. The second-order valence-corrected chi connectivity index (χ2v) is 7.95. The van der Waals surface area contributed by atoms with Gasteiger partial charge in [0.25, 0.3) is 0 Å². The number of benzene rings is 1. The first-order valence-electron chi connectivity index (χ1n) is 10.2. The third-order valence-electron chi connectivity index (χ3n) is 5.80. The first kappa shape index (κ1) is 21.6. The Kier molecular flexibility index (Phi) is 6.82. The lowest BCUT2D eigenvalue weighted by Crippen LogP contribution is -2.47. The van der Waals surface area contributed by atoms with E-state index >= 15 is 0 Å². The minimum absolute atomic E-state index is 0.0149. The van der Waals surface area contributed by atoms with Gasteiger partial charge < -0.3 is 9.80 Å². The molecule has 2 heterocycles. The van der Waals surface area contributed by atoms with Crippen molar-refractivity contribution in [2.24, 2.45) is 5.92 Å². The fourth-order valence-electron chi connectivity index (χ4n) is 4.13. The largest absolute Gasteiger partial charge is 0.416 e. The van der Waals surface area contributed by atoms with Crippen molar-refractivity contribution in [3.8, 4) is 0 Å². The Labute approximate surface area is 169 Å². The van der Waals surface area contributed by atoms with E-state index in [2.05, 4.69) is 4.90 Å². The van der Waals surface area contributed by atoms with Gasteiger partial charge in [-0.15, -0.1) is 0 Å². The molecule has 29 heavy (non-hydrogen) atoms. The molecule has 2 amide bonds. The standard InChI is InChI=1S/C21H28F3N3O2/c1-16(28)27-10-2-4-18(15-27)20(29)26-11-3-9-25(12-13-26)14-17-5-7-19(8-6-17)21(22,23)24/h5-8,18H,2-4,9-15H2,1H3. The van der Waals surface area contributed by atoms with E-state index in [0.29, 0.717) is 32.7 Å². The normalized spacial score (nSPS) is 21.7. The predicted molar refractivity (Wildman–Crippen MR) is 103 cm³/mol. The number of carbonyl (C=O) groups excluding carboxylic acids is 2.